The Bertz CT molecular complexity index is 501. The lowest BCUT2D eigenvalue weighted by molar-refractivity contribution is -0.153. The highest BCUT2D eigenvalue weighted by Crippen LogP contribution is 2.18. The van der Waals surface area contributed by atoms with Gasteiger partial charge in [-0.15, -0.1) is 0 Å². The van der Waals surface area contributed by atoms with Crippen LogP contribution in [0.3, 0.4) is 0 Å². The van der Waals surface area contributed by atoms with Crippen LogP contribution in [-0.2, 0) is 16.1 Å². The summed E-state index contributed by atoms with van der Waals surface area (Å²) in [7, 11) is 0. The smallest absolute Gasteiger partial charge is 0.422 e. The molecule has 0 fully saturated rings. The minimum atomic E-state index is -4.37. The average molecular weight is 318 g/mol. The molecule has 0 unspecified atom stereocenters. The Morgan fingerprint density at radius 2 is 1.77 bits per heavy atom. The summed E-state index contributed by atoms with van der Waals surface area (Å²) >= 11 is 0. The summed E-state index contributed by atoms with van der Waals surface area (Å²) in [6, 6.07) is 5.95. The maximum absolute atomic E-state index is 12.0. The number of halogens is 3. The molecular weight excluding hydrogens is 301 g/mol. The Labute approximate surface area is 125 Å². The third-order valence-corrected chi connectivity index (χ3v) is 2.54. The van der Waals surface area contributed by atoms with Gasteiger partial charge in [0.15, 0.2) is 6.61 Å². The van der Waals surface area contributed by atoms with Crippen LogP contribution in [0.1, 0.15) is 18.9 Å². The molecule has 1 rings (SSSR count). The second kappa shape index (κ2) is 8.26. The number of carbonyl (C=O) groups excluding carboxylic acids is 2. The van der Waals surface area contributed by atoms with E-state index in [0.29, 0.717) is 0 Å². The monoisotopic (exact) mass is 318 g/mol. The molecule has 0 heterocycles. The lowest BCUT2D eigenvalue weighted by atomic mass is 10.2. The van der Waals surface area contributed by atoms with Crippen LogP contribution < -0.4 is 15.4 Å². The van der Waals surface area contributed by atoms with Crippen molar-refractivity contribution in [3.05, 3.63) is 29.8 Å². The van der Waals surface area contributed by atoms with Crippen LogP contribution in [0, 0.1) is 0 Å². The maximum atomic E-state index is 12.0. The minimum Gasteiger partial charge on any atom is -0.484 e. The van der Waals surface area contributed by atoms with Crippen molar-refractivity contribution in [3.63, 3.8) is 0 Å². The van der Waals surface area contributed by atoms with E-state index in [2.05, 4.69) is 15.4 Å². The number of hydrogen-bond donors (Lipinski definition) is 2. The molecule has 0 aliphatic carbocycles. The van der Waals surface area contributed by atoms with Crippen LogP contribution in [-0.4, -0.2) is 31.1 Å². The summed E-state index contributed by atoms with van der Waals surface area (Å²) in [6.07, 6.45) is -4.22. The predicted molar refractivity (Wildman–Crippen MR) is 73.1 cm³/mol. The first kappa shape index (κ1) is 17.8. The topological polar surface area (TPSA) is 67.4 Å². The molecule has 1 aromatic carbocycles. The molecular formula is C14H17F3N2O3. The zero-order valence-electron chi connectivity index (χ0n) is 12.0. The lowest BCUT2D eigenvalue weighted by Gasteiger charge is -2.10. The van der Waals surface area contributed by atoms with Gasteiger partial charge in [0.05, 0.1) is 0 Å². The molecule has 0 aliphatic heterocycles. The third-order valence-electron chi connectivity index (χ3n) is 2.54. The van der Waals surface area contributed by atoms with Gasteiger partial charge < -0.3 is 15.4 Å². The van der Waals surface area contributed by atoms with Gasteiger partial charge in [-0.05, 0) is 17.7 Å². The number of nitrogens with one attached hydrogen (secondary N) is 2. The number of alkyl halides is 3. The summed E-state index contributed by atoms with van der Waals surface area (Å²) in [5, 5.41) is 5.14. The highest BCUT2D eigenvalue weighted by atomic mass is 19.4. The number of carbonyl (C=O) groups is 2. The van der Waals surface area contributed by atoms with E-state index < -0.39 is 12.8 Å². The van der Waals surface area contributed by atoms with Crippen LogP contribution in [0.15, 0.2) is 24.3 Å². The Balaban J connectivity index is 2.32. The quantitative estimate of drug-likeness (QED) is 0.805. The molecule has 0 bridgehead atoms. The van der Waals surface area contributed by atoms with Gasteiger partial charge in [-0.3, -0.25) is 9.59 Å². The second-order valence-electron chi connectivity index (χ2n) is 4.56. The number of rotatable bonds is 7. The first-order chi connectivity index (χ1) is 10.3. The van der Waals surface area contributed by atoms with Crippen molar-refractivity contribution in [2.45, 2.75) is 26.1 Å². The predicted octanol–water partition coefficient (Wildman–Crippen LogP) is 1.77. The van der Waals surface area contributed by atoms with Crippen molar-refractivity contribution in [1.29, 1.82) is 0 Å². The standard InChI is InChI=1S/C14H17F3N2O3/c1-10(20)18-7-6-13(21)19-8-11-2-4-12(5-3-11)22-9-14(15,16)17/h2-5H,6-9H2,1H3,(H,18,20)(H,19,21). The second-order valence-corrected chi connectivity index (χ2v) is 4.56. The minimum absolute atomic E-state index is 0.109. The van der Waals surface area contributed by atoms with Gasteiger partial charge in [0.25, 0.3) is 0 Å². The van der Waals surface area contributed by atoms with E-state index in [1.807, 2.05) is 0 Å². The van der Waals surface area contributed by atoms with Crippen molar-refractivity contribution in [3.8, 4) is 5.75 Å². The highest BCUT2D eigenvalue weighted by molar-refractivity contribution is 5.77. The van der Waals surface area contributed by atoms with E-state index in [-0.39, 0.29) is 37.1 Å². The third kappa shape index (κ3) is 8.13. The molecule has 0 aliphatic rings. The zero-order chi connectivity index (χ0) is 16.6. The first-order valence-corrected chi connectivity index (χ1v) is 6.56. The summed E-state index contributed by atoms with van der Waals surface area (Å²) in [6.45, 7) is 0.524. The van der Waals surface area contributed by atoms with Crippen molar-refractivity contribution in [2.24, 2.45) is 0 Å². The fraction of sp³-hybridized carbons (Fsp3) is 0.429. The first-order valence-electron chi connectivity index (χ1n) is 6.56. The number of benzene rings is 1. The molecule has 8 heteroatoms. The Hall–Kier alpha value is -2.25. The molecule has 22 heavy (non-hydrogen) atoms. The fourth-order valence-electron chi connectivity index (χ4n) is 1.51. The molecule has 2 N–H and O–H groups in total. The molecule has 1 aromatic rings. The van der Waals surface area contributed by atoms with Crippen LogP contribution in [0.25, 0.3) is 0 Å². The molecule has 0 saturated heterocycles. The van der Waals surface area contributed by atoms with Crippen LogP contribution >= 0.6 is 0 Å². The van der Waals surface area contributed by atoms with E-state index in [1.165, 1.54) is 19.1 Å². The Morgan fingerprint density at radius 1 is 1.14 bits per heavy atom. The highest BCUT2D eigenvalue weighted by Gasteiger charge is 2.28. The summed E-state index contributed by atoms with van der Waals surface area (Å²) in [5.74, 6) is -0.327. The van der Waals surface area contributed by atoms with Gasteiger partial charge in [-0.1, -0.05) is 12.1 Å². The molecule has 0 spiro atoms. The van der Waals surface area contributed by atoms with Crippen molar-refractivity contribution >= 4 is 11.8 Å². The fourth-order valence-corrected chi connectivity index (χ4v) is 1.51. The van der Waals surface area contributed by atoms with Crippen LogP contribution in [0.2, 0.25) is 0 Å². The van der Waals surface area contributed by atoms with Gasteiger partial charge in [0, 0.05) is 26.4 Å². The van der Waals surface area contributed by atoms with Gasteiger partial charge in [0.1, 0.15) is 5.75 Å². The Kier molecular flexibility index (Phi) is 6.68. The number of amides is 2. The normalized spacial score (nSPS) is 10.9. The summed E-state index contributed by atoms with van der Waals surface area (Å²) in [5.41, 5.74) is 0.729. The molecule has 0 radical (unpaired) electrons. The molecule has 0 atom stereocenters. The zero-order valence-corrected chi connectivity index (χ0v) is 12.0. The molecule has 2 amide bonds. The molecule has 122 valence electrons. The number of ether oxygens (including phenoxy) is 1. The van der Waals surface area contributed by atoms with Crippen molar-refractivity contribution in [1.82, 2.24) is 10.6 Å². The molecule has 5 nitrogen and oxygen atoms in total. The average Bonchev–Trinajstić information content (AvgIpc) is 2.43. The van der Waals surface area contributed by atoms with Gasteiger partial charge in [-0.2, -0.15) is 13.2 Å². The van der Waals surface area contributed by atoms with E-state index in [9.17, 15) is 22.8 Å². The van der Waals surface area contributed by atoms with Gasteiger partial charge in [-0.25, -0.2) is 0 Å². The van der Waals surface area contributed by atoms with Crippen LogP contribution in [0.5, 0.6) is 5.75 Å². The van der Waals surface area contributed by atoms with Crippen molar-refractivity contribution in [2.75, 3.05) is 13.2 Å². The van der Waals surface area contributed by atoms with E-state index in [4.69, 9.17) is 0 Å². The van der Waals surface area contributed by atoms with E-state index in [1.54, 1.807) is 12.1 Å². The summed E-state index contributed by atoms with van der Waals surface area (Å²) < 4.78 is 40.5. The van der Waals surface area contributed by atoms with E-state index in [0.717, 1.165) is 5.56 Å². The maximum Gasteiger partial charge on any atom is 0.422 e. The Morgan fingerprint density at radius 3 is 2.32 bits per heavy atom. The number of hydrogen-bond acceptors (Lipinski definition) is 3. The van der Waals surface area contributed by atoms with Gasteiger partial charge in [0.2, 0.25) is 11.8 Å². The summed E-state index contributed by atoms with van der Waals surface area (Å²) in [4.78, 5) is 22.1. The molecule has 0 aromatic heterocycles. The largest absolute Gasteiger partial charge is 0.484 e. The van der Waals surface area contributed by atoms with Crippen LogP contribution in [0.4, 0.5) is 13.2 Å². The SMILES string of the molecule is CC(=O)NCCC(=O)NCc1ccc(OCC(F)(F)F)cc1. The van der Waals surface area contributed by atoms with Gasteiger partial charge >= 0.3 is 6.18 Å². The van der Waals surface area contributed by atoms with Crippen molar-refractivity contribution < 1.29 is 27.5 Å². The molecule has 0 saturated carbocycles. The lowest BCUT2D eigenvalue weighted by Crippen LogP contribution is -2.29. The van der Waals surface area contributed by atoms with E-state index >= 15 is 0 Å².